The lowest BCUT2D eigenvalue weighted by atomic mass is 10.2. The number of hydrogen-bond acceptors (Lipinski definition) is 5. The fraction of sp³-hybridized carbons (Fsp3) is 0.100. The van der Waals surface area contributed by atoms with Crippen molar-refractivity contribution in [2.24, 2.45) is 0 Å². The first-order valence-corrected chi connectivity index (χ1v) is 7.27. The summed E-state index contributed by atoms with van der Waals surface area (Å²) in [5, 5.41) is 8.95. The van der Waals surface area contributed by atoms with E-state index in [4.69, 9.17) is 5.11 Å². The molecule has 0 aliphatic heterocycles. The Morgan fingerprint density at radius 1 is 1.40 bits per heavy atom. The molecule has 4 nitrogen and oxygen atoms in total. The number of hydrogen-bond donors (Lipinski definition) is 1. The number of halogens is 4. The van der Waals surface area contributed by atoms with E-state index in [1.165, 1.54) is 12.1 Å². The van der Waals surface area contributed by atoms with Gasteiger partial charge >= 0.3 is 12.1 Å². The summed E-state index contributed by atoms with van der Waals surface area (Å²) in [6, 6.07) is 4.44. The Bertz CT molecular complexity index is 660. The first kappa shape index (κ1) is 15.3. The number of rotatable bonds is 3. The second kappa shape index (κ2) is 5.70. The van der Waals surface area contributed by atoms with Gasteiger partial charge in [-0.2, -0.15) is 17.5 Å². The van der Waals surface area contributed by atoms with Gasteiger partial charge in [0.05, 0.1) is 5.56 Å². The van der Waals surface area contributed by atoms with Gasteiger partial charge in [0.1, 0.15) is 0 Å². The van der Waals surface area contributed by atoms with E-state index in [2.05, 4.69) is 25.3 Å². The monoisotopic (exact) mass is 384 g/mol. The Labute approximate surface area is 127 Å². The second-order valence-electron chi connectivity index (χ2n) is 3.43. The third-order valence-electron chi connectivity index (χ3n) is 2.03. The van der Waals surface area contributed by atoms with E-state index in [0.717, 1.165) is 11.8 Å². The lowest BCUT2D eigenvalue weighted by Crippen LogP contribution is -2.06. The molecule has 2 aromatic rings. The maximum absolute atomic E-state index is 12.4. The molecular weight excluding hydrogens is 381 g/mol. The normalized spacial score (nSPS) is 11.6. The first-order chi connectivity index (χ1) is 9.27. The summed E-state index contributed by atoms with van der Waals surface area (Å²) in [5.74, 6) is -2.33. The highest BCUT2D eigenvalue weighted by atomic mass is 79.9. The molecule has 0 saturated heterocycles. The predicted octanol–water partition coefficient (Wildman–Crippen LogP) is 4.17. The van der Waals surface area contributed by atoms with Gasteiger partial charge in [0.15, 0.2) is 4.34 Å². The van der Waals surface area contributed by atoms with Crippen LogP contribution in [0.3, 0.4) is 0 Å². The van der Waals surface area contributed by atoms with Crippen molar-refractivity contribution in [2.75, 3.05) is 0 Å². The smallest absolute Gasteiger partial charge is 0.452 e. The van der Waals surface area contributed by atoms with Gasteiger partial charge in [-0.25, -0.2) is 9.78 Å². The van der Waals surface area contributed by atoms with E-state index in [1.807, 2.05) is 0 Å². The molecule has 1 aromatic carbocycles. The average molecular weight is 385 g/mol. The Morgan fingerprint density at radius 3 is 2.65 bits per heavy atom. The number of carboxylic acid groups (broad SMARTS) is 1. The zero-order valence-electron chi connectivity index (χ0n) is 9.31. The van der Waals surface area contributed by atoms with Crippen molar-refractivity contribution in [3.63, 3.8) is 0 Å². The molecule has 2 rings (SSSR count). The van der Waals surface area contributed by atoms with Crippen molar-refractivity contribution < 1.29 is 23.1 Å². The van der Waals surface area contributed by atoms with Crippen LogP contribution in [0.25, 0.3) is 0 Å². The van der Waals surface area contributed by atoms with Crippen LogP contribution in [0.5, 0.6) is 0 Å². The summed E-state index contributed by atoms with van der Waals surface area (Å²) in [6.07, 6.45) is -4.58. The largest absolute Gasteiger partial charge is 0.478 e. The summed E-state index contributed by atoms with van der Waals surface area (Å²) in [5.41, 5.74) is 0.0237. The van der Waals surface area contributed by atoms with Crippen molar-refractivity contribution >= 4 is 45.2 Å². The number of benzene rings is 1. The van der Waals surface area contributed by atoms with Gasteiger partial charge in [-0.1, -0.05) is 11.8 Å². The standard InChI is InChI=1S/C10H4BrF3N2O2S2/c11-6-2-1-4(3-5(6)7(17)18)19-9-15-8(16-20-9)10(12,13)14/h1-3H,(H,17,18). The molecule has 1 N–H and O–H groups in total. The van der Waals surface area contributed by atoms with Crippen LogP contribution in [0.1, 0.15) is 16.2 Å². The van der Waals surface area contributed by atoms with Crippen LogP contribution < -0.4 is 0 Å². The van der Waals surface area contributed by atoms with Gasteiger partial charge in [-0.15, -0.1) is 0 Å². The highest BCUT2D eigenvalue weighted by Gasteiger charge is 2.36. The van der Waals surface area contributed by atoms with E-state index in [-0.39, 0.29) is 9.90 Å². The average Bonchev–Trinajstić information content (AvgIpc) is 2.79. The van der Waals surface area contributed by atoms with E-state index in [1.54, 1.807) is 6.07 Å². The maximum atomic E-state index is 12.4. The van der Waals surface area contributed by atoms with Gasteiger partial charge in [0.2, 0.25) is 5.82 Å². The predicted molar refractivity (Wildman–Crippen MR) is 70.1 cm³/mol. The van der Waals surface area contributed by atoms with Crippen molar-refractivity contribution in [3.05, 3.63) is 34.1 Å². The summed E-state index contributed by atoms with van der Waals surface area (Å²) >= 11 is 4.62. The quantitative estimate of drug-likeness (QED) is 0.860. The third-order valence-corrected chi connectivity index (χ3v) is 4.47. The van der Waals surface area contributed by atoms with Crippen molar-refractivity contribution in [1.29, 1.82) is 0 Å². The molecule has 0 radical (unpaired) electrons. The molecule has 0 spiro atoms. The number of carbonyl (C=O) groups is 1. The van der Waals surface area contributed by atoms with E-state index in [0.29, 0.717) is 20.9 Å². The minimum Gasteiger partial charge on any atom is -0.478 e. The molecule has 1 aromatic heterocycles. The Morgan fingerprint density at radius 2 is 2.10 bits per heavy atom. The Balaban J connectivity index is 2.24. The molecule has 0 aliphatic rings. The van der Waals surface area contributed by atoms with Crippen molar-refractivity contribution in [3.8, 4) is 0 Å². The van der Waals surface area contributed by atoms with Gasteiger partial charge in [-0.05, 0) is 45.7 Å². The molecule has 0 atom stereocenters. The summed E-state index contributed by atoms with van der Waals surface area (Å²) < 4.78 is 40.8. The maximum Gasteiger partial charge on any atom is 0.452 e. The minimum atomic E-state index is -4.58. The lowest BCUT2D eigenvalue weighted by molar-refractivity contribution is -0.144. The number of nitrogens with zero attached hydrogens (tertiary/aromatic N) is 2. The molecule has 0 unspecified atom stereocenters. The SMILES string of the molecule is O=C(O)c1cc(Sc2nc(C(F)(F)F)ns2)ccc1Br. The molecule has 1 heterocycles. The molecule has 0 amide bonds. The van der Waals surface area contributed by atoms with Crippen LogP contribution >= 0.6 is 39.2 Å². The Kier molecular flexibility index (Phi) is 4.35. The van der Waals surface area contributed by atoms with E-state index < -0.39 is 18.0 Å². The van der Waals surface area contributed by atoms with Gasteiger partial charge in [0, 0.05) is 9.37 Å². The molecule has 0 aliphatic carbocycles. The van der Waals surface area contributed by atoms with E-state index in [9.17, 15) is 18.0 Å². The Hall–Kier alpha value is -1.13. The van der Waals surface area contributed by atoms with Crippen LogP contribution in [0.15, 0.2) is 31.9 Å². The molecule has 0 fully saturated rings. The number of alkyl halides is 3. The first-order valence-electron chi connectivity index (χ1n) is 4.89. The summed E-state index contributed by atoms with van der Waals surface area (Å²) in [7, 11) is 0. The molecule has 10 heteroatoms. The number of aromatic nitrogens is 2. The third kappa shape index (κ3) is 3.49. The van der Waals surface area contributed by atoms with Crippen molar-refractivity contribution in [2.45, 2.75) is 15.4 Å². The van der Waals surface area contributed by atoms with Crippen LogP contribution in [-0.4, -0.2) is 20.4 Å². The molecular formula is C10H4BrF3N2O2S2. The highest BCUT2D eigenvalue weighted by molar-refractivity contribution is 9.10. The van der Waals surface area contributed by atoms with Crippen LogP contribution in [0.2, 0.25) is 0 Å². The number of carboxylic acids is 1. The fourth-order valence-electron chi connectivity index (χ4n) is 1.20. The van der Waals surface area contributed by atoms with Gasteiger partial charge in [-0.3, -0.25) is 0 Å². The minimum absolute atomic E-state index is 0.0237. The topological polar surface area (TPSA) is 63.1 Å². The van der Waals surface area contributed by atoms with Crippen LogP contribution in [-0.2, 0) is 6.18 Å². The summed E-state index contributed by atoms with van der Waals surface area (Å²) in [4.78, 5) is 14.8. The molecule has 0 bridgehead atoms. The molecule has 20 heavy (non-hydrogen) atoms. The second-order valence-corrected chi connectivity index (χ2v) is 6.36. The number of aromatic carboxylic acids is 1. The fourth-order valence-corrected chi connectivity index (χ4v) is 3.25. The van der Waals surface area contributed by atoms with Gasteiger partial charge in [0.25, 0.3) is 0 Å². The van der Waals surface area contributed by atoms with Crippen LogP contribution in [0.4, 0.5) is 13.2 Å². The van der Waals surface area contributed by atoms with E-state index >= 15 is 0 Å². The van der Waals surface area contributed by atoms with Crippen molar-refractivity contribution in [1.82, 2.24) is 9.36 Å². The van der Waals surface area contributed by atoms with Gasteiger partial charge < -0.3 is 5.11 Å². The van der Waals surface area contributed by atoms with Crippen LogP contribution in [0, 0.1) is 0 Å². The zero-order valence-corrected chi connectivity index (χ0v) is 12.5. The molecule has 106 valence electrons. The lowest BCUT2D eigenvalue weighted by Gasteiger charge is -2.02. The zero-order chi connectivity index (χ0) is 14.9. The summed E-state index contributed by atoms with van der Waals surface area (Å²) in [6.45, 7) is 0. The highest BCUT2D eigenvalue weighted by Crippen LogP contribution is 2.35. The molecule has 0 saturated carbocycles.